The molecule has 1 aliphatic heterocycles. The van der Waals surface area contributed by atoms with Gasteiger partial charge in [-0.25, -0.2) is 18.7 Å². The van der Waals surface area contributed by atoms with E-state index in [1.54, 1.807) is 6.33 Å². The number of anilines is 1. The summed E-state index contributed by atoms with van der Waals surface area (Å²) >= 11 is 0. The standard InChI is InChI=1S/C24H31F2N5O/c1-15(2)27-13-18(17-5-6-19(25)20(26)12-17)24(32)31-10-8-30(9-11-31)23-22-16(3)4-7-21(22)28-14-29-23/h5-6,12,14-16,18,27H,4,7-11,13H2,1-3H3/t16-,18-/m1/s1. The van der Waals surface area contributed by atoms with Gasteiger partial charge in [-0.2, -0.15) is 0 Å². The molecule has 1 fully saturated rings. The van der Waals surface area contributed by atoms with Crippen LogP contribution in [0.25, 0.3) is 0 Å². The van der Waals surface area contributed by atoms with Gasteiger partial charge in [-0.15, -0.1) is 0 Å². The Bertz CT molecular complexity index is 975. The minimum atomic E-state index is -0.929. The Balaban J connectivity index is 1.48. The molecule has 32 heavy (non-hydrogen) atoms. The van der Waals surface area contributed by atoms with E-state index in [0.29, 0.717) is 44.2 Å². The van der Waals surface area contributed by atoms with E-state index in [0.717, 1.165) is 36.5 Å². The quantitative estimate of drug-likeness (QED) is 0.743. The number of hydrogen-bond acceptors (Lipinski definition) is 5. The third-order valence-electron chi connectivity index (χ3n) is 6.52. The topological polar surface area (TPSA) is 61.4 Å². The van der Waals surface area contributed by atoms with Crippen molar-refractivity contribution in [3.05, 3.63) is 53.0 Å². The largest absolute Gasteiger partial charge is 0.353 e. The van der Waals surface area contributed by atoms with Gasteiger partial charge >= 0.3 is 0 Å². The Hall–Kier alpha value is -2.61. The van der Waals surface area contributed by atoms with Crippen molar-refractivity contribution in [2.45, 2.75) is 51.5 Å². The minimum absolute atomic E-state index is 0.0647. The second-order valence-electron chi connectivity index (χ2n) is 9.10. The van der Waals surface area contributed by atoms with Crippen LogP contribution >= 0.6 is 0 Å². The van der Waals surface area contributed by atoms with Gasteiger partial charge in [0.25, 0.3) is 0 Å². The van der Waals surface area contributed by atoms with Crippen LogP contribution in [0.5, 0.6) is 0 Å². The number of fused-ring (bicyclic) bond motifs is 1. The molecule has 8 heteroatoms. The molecule has 0 bridgehead atoms. The van der Waals surface area contributed by atoms with Gasteiger partial charge in [-0.1, -0.05) is 26.8 Å². The summed E-state index contributed by atoms with van der Waals surface area (Å²) in [6, 6.07) is 3.91. The van der Waals surface area contributed by atoms with Crippen molar-refractivity contribution in [3.63, 3.8) is 0 Å². The molecule has 1 saturated heterocycles. The zero-order chi connectivity index (χ0) is 22.8. The molecule has 2 atom stereocenters. The van der Waals surface area contributed by atoms with Crippen LogP contribution in [0.1, 0.15) is 55.8 Å². The average Bonchev–Trinajstić information content (AvgIpc) is 3.17. The summed E-state index contributed by atoms with van der Waals surface area (Å²) in [7, 11) is 0. The molecule has 4 rings (SSSR count). The van der Waals surface area contributed by atoms with Crippen LogP contribution in [0.3, 0.4) is 0 Å². The molecule has 6 nitrogen and oxygen atoms in total. The van der Waals surface area contributed by atoms with Gasteiger partial charge in [0, 0.05) is 50.0 Å². The van der Waals surface area contributed by atoms with Gasteiger partial charge in [-0.05, 0) is 36.5 Å². The summed E-state index contributed by atoms with van der Waals surface area (Å²) < 4.78 is 27.3. The average molecular weight is 444 g/mol. The summed E-state index contributed by atoms with van der Waals surface area (Å²) in [5, 5.41) is 3.27. The summed E-state index contributed by atoms with van der Waals surface area (Å²) in [6.45, 7) is 9.07. The normalized spacial score (nSPS) is 19.4. The van der Waals surface area contributed by atoms with E-state index in [-0.39, 0.29) is 11.9 Å². The molecule has 0 saturated carbocycles. The second-order valence-corrected chi connectivity index (χ2v) is 9.10. The first-order chi connectivity index (χ1) is 15.3. The van der Waals surface area contributed by atoms with Crippen LogP contribution < -0.4 is 10.2 Å². The molecular formula is C24H31F2N5O. The van der Waals surface area contributed by atoms with Gasteiger partial charge in [0.15, 0.2) is 11.6 Å². The number of hydrogen-bond donors (Lipinski definition) is 1. The molecule has 1 aliphatic carbocycles. The van der Waals surface area contributed by atoms with Crippen LogP contribution in [-0.2, 0) is 11.2 Å². The summed E-state index contributed by atoms with van der Waals surface area (Å²) in [5.41, 5.74) is 2.87. The number of piperazine rings is 1. The number of aryl methyl sites for hydroxylation is 1. The number of nitrogens with zero attached hydrogens (tertiary/aromatic N) is 4. The van der Waals surface area contributed by atoms with Crippen LogP contribution in [-0.4, -0.2) is 59.5 Å². The number of aromatic nitrogens is 2. The first-order valence-corrected chi connectivity index (χ1v) is 11.4. The highest BCUT2D eigenvalue weighted by Crippen LogP contribution is 2.37. The molecule has 2 aliphatic rings. The molecule has 1 N–H and O–H groups in total. The smallest absolute Gasteiger partial charge is 0.231 e. The van der Waals surface area contributed by atoms with Gasteiger partial charge < -0.3 is 15.1 Å². The fraction of sp³-hybridized carbons (Fsp3) is 0.542. The Labute approximate surface area is 188 Å². The van der Waals surface area contributed by atoms with E-state index >= 15 is 0 Å². The zero-order valence-corrected chi connectivity index (χ0v) is 18.9. The van der Waals surface area contributed by atoms with Gasteiger partial charge in [0.05, 0.1) is 5.92 Å². The number of carbonyl (C=O) groups excluding carboxylic acids is 1. The van der Waals surface area contributed by atoms with E-state index in [1.807, 2.05) is 18.7 Å². The molecule has 2 aromatic rings. The van der Waals surface area contributed by atoms with E-state index in [2.05, 4.69) is 27.1 Å². The van der Waals surface area contributed by atoms with Gasteiger partial charge in [0.2, 0.25) is 5.91 Å². The number of amides is 1. The third-order valence-corrected chi connectivity index (χ3v) is 6.52. The molecular weight excluding hydrogens is 412 g/mol. The first-order valence-electron chi connectivity index (χ1n) is 11.4. The Morgan fingerprint density at radius 3 is 2.59 bits per heavy atom. The van der Waals surface area contributed by atoms with Crippen molar-refractivity contribution in [2.24, 2.45) is 0 Å². The molecule has 172 valence electrons. The van der Waals surface area contributed by atoms with E-state index < -0.39 is 17.6 Å². The van der Waals surface area contributed by atoms with E-state index in [1.165, 1.54) is 11.6 Å². The number of halogens is 2. The number of benzene rings is 1. The lowest BCUT2D eigenvalue weighted by Crippen LogP contribution is -2.51. The third kappa shape index (κ3) is 4.60. The highest BCUT2D eigenvalue weighted by atomic mass is 19.2. The Kier molecular flexibility index (Phi) is 6.69. The van der Waals surface area contributed by atoms with Gasteiger partial charge in [-0.3, -0.25) is 4.79 Å². The fourth-order valence-corrected chi connectivity index (χ4v) is 4.66. The molecule has 1 aromatic carbocycles. The van der Waals surface area contributed by atoms with Crippen molar-refractivity contribution in [3.8, 4) is 0 Å². The van der Waals surface area contributed by atoms with Crippen LogP contribution in [0.4, 0.5) is 14.6 Å². The lowest BCUT2D eigenvalue weighted by atomic mass is 9.96. The maximum absolute atomic E-state index is 13.9. The predicted octanol–water partition coefficient (Wildman–Crippen LogP) is 3.23. The fourth-order valence-electron chi connectivity index (χ4n) is 4.66. The summed E-state index contributed by atoms with van der Waals surface area (Å²) in [5.74, 6) is -1.03. The van der Waals surface area contributed by atoms with Crippen molar-refractivity contribution in [1.82, 2.24) is 20.2 Å². The van der Waals surface area contributed by atoms with Crippen molar-refractivity contribution >= 4 is 11.7 Å². The van der Waals surface area contributed by atoms with Crippen LogP contribution in [0.15, 0.2) is 24.5 Å². The molecule has 1 aromatic heterocycles. The second kappa shape index (κ2) is 9.48. The molecule has 2 heterocycles. The molecule has 1 amide bonds. The minimum Gasteiger partial charge on any atom is -0.353 e. The summed E-state index contributed by atoms with van der Waals surface area (Å²) in [6.07, 6.45) is 3.72. The molecule has 0 unspecified atom stereocenters. The zero-order valence-electron chi connectivity index (χ0n) is 18.9. The monoisotopic (exact) mass is 443 g/mol. The van der Waals surface area contributed by atoms with Crippen molar-refractivity contribution in [1.29, 1.82) is 0 Å². The predicted molar refractivity (Wildman–Crippen MR) is 120 cm³/mol. The highest BCUT2D eigenvalue weighted by Gasteiger charge is 2.32. The van der Waals surface area contributed by atoms with Crippen molar-refractivity contribution in [2.75, 3.05) is 37.6 Å². The lowest BCUT2D eigenvalue weighted by molar-refractivity contribution is -0.133. The lowest BCUT2D eigenvalue weighted by Gasteiger charge is -2.38. The summed E-state index contributed by atoms with van der Waals surface area (Å²) in [4.78, 5) is 26.5. The van der Waals surface area contributed by atoms with Crippen LogP contribution in [0.2, 0.25) is 0 Å². The van der Waals surface area contributed by atoms with Crippen molar-refractivity contribution < 1.29 is 13.6 Å². The first kappa shape index (κ1) is 22.6. The maximum Gasteiger partial charge on any atom is 0.231 e. The number of rotatable bonds is 6. The van der Waals surface area contributed by atoms with E-state index in [9.17, 15) is 13.6 Å². The molecule has 0 spiro atoms. The molecule has 0 radical (unpaired) electrons. The van der Waals surface area contributed by atoms with Gasteiger partial charge in [0.1, 0.15) is 12.1 Å². The SMILES string of the molecule is CC(C)NC[C@@H](C(=O)N1CCN(c2ncnc3c2[C@H](C)CC3)CC1)c1ccc(F)c(F)c1. The van der Waals surface area contributed by atoms with E-state index in [4.69, 9.17) is 0 Å². The maximum atomic E-state index is 13.9. The Morgan fingerprint density at radius 2 is 1.91 bits per heavy atom. The Morgan fingerprint density at radius 1 is 1.16 bits per heavy atom. The highest BCUT2D eigenvalue weighted by molar-refractivity contribution is 5.84. The number of nitrogens with one attached hydrogen (secondary N) is 1. The van der Waals surface area contributed by atoms with Crippen LogP contribution in [0, 0.1) is 11.6 Å². The number of carbonyl (C=O) groups is 1.